The number of phenolic OH excluding ortho intramolecular Hbond substituents is 2. The molecule has 11 nitrogen and oxygen atoms in total. The number of ether oxygens (including phenoxy) is 3. The van der Waals surface area contributed by atoms with Gasteiger partial charge in [0.15, 0.2) is 17.9 Å². The number of aromatic hydroxyl groups is 2. The van der Waals surface area contributed by atoms with Gasteiger partial charge in [0.2, 0.25) is 5.78 Å². The number of methoxy groups -OCH3 is 1. The molecule has 0 bridgehead atoms. The Bertz CT molecular complexity index is 1490. The highest BCUT2D eigenvalue weighted by molar-refractivity contribution is 6.31. The van der Waals surface area contributed by atoms with Crippen LogP contribution in [-0.2, 0) is 20.7 Å². The van der Waals surface area contributed by atoms with E-state index < -0.39 is 89.6 Å². The maximum Gasteiger partial charge on any atom is 0.202 e. The lowest BCUT2D eigenvalue weighted by Crippen LogP contribution is -2.49. The van der Waals surface area contributed by atoms with Crippen LogP contribution in [0, 0.1) is 11.3 Å². The molecule has 1 aliphatic heterocycles. The van der Waals surface area contributed by atoms with E-state index >= 15 is 0 Å². The van der Waals surface area contributed by atoms with Gasteiger partial charge in [-0.25, -0.2) is 0 Å². The molecule has 1 heterocycles. The third kappa shape index (κ3) is 5.23. The molecular formula is C32H38O11. The summed E-state index contributed by atoms with van der Waals surface area (Å²) in [5.41, 5.74) is -3.57. The zero-order valence-corrected chi connectivity index (χ0v) is 24.8. The standard InChI is InChI=1S/C32H38O11/c1-14-26(35)15(10-31(2,3)4)9-21(42-14)43-19-12-32(40,20(34)13-33)11-17-23(19)30(39)25-24(28(17)37)27(36)16-7-6-8-18(41-5)22(16)29(25)38/h6-8,14-15,19,21,26,33,35,37,39-40H,9-13H2,1-5H3/t14?,15?,19-,21?,26?,32-/m0/s1. The minimum absolute atomic E-state index is 0.0372. The van der Waals surface area contributed by atoms with E-state index in [0.29, 0.717) is 6.42 Å². The van der Waals surface area contributed by atoms with E-state index in [1.165, 1.54) is 25.3 Å². The first kappa shape index (κ1) is 31.1. The van der Waals surface area contributed by atoms with Gasteiger partial charge in [0, 0.05) is 36.0 Å². The van der Waals surface area contributed by atoms with E-state index in [1.54, 1.807) is 6.92 Å². The Kier molecular flexibility index (Phi) is 7.94. The molecule has 5 N–H and O–H groups in total. The fraction of sp³-hybridized carbons (Fsp3) is 0.531. The number of fused-ring (bicyclic) bond motifs is 3. The van der Waals surface area contributed by atoms with Gasteiger partial charge in [0.25, 0.3) is 0 Å². The van der Waals surface area contributed by atoms with Crippen molar-refractivity contribution in [3.8, 4) is 17.2 Å². The summed E-state index contributed by atoms with van der Waals surface area (Å²) in [5.74, 6) is -3.85. The van der Waals surface area contributed by atoms with E-state index in [4.69, 9.17) is 14.2 Å². The second-order valence-electron chi connectivity index (χ2n) is 13.0. The van der Waals surface area contributed by atoms with E-state index in [0.717, 1.165) is 0 Å². The van der Waals surface area contributed by atoms with Crippen LogP contribution in [0.25, 0.3) is 0 Å². The summed E-state index contributed by atoms with van der Waals surface area (Å²) in [6.45, 7) is 6.83. The summed E-state index contributed by atoms with van der Waals surface area (Å²) < 4.78 is 17.5. The van der Waals surface area contributed by atoms with Crippen LogP contribution in [0.2, 0.25) is 0 Å². The minimum atomic E-state index is -2.22. The molecule has 3 aliphatic rings. The molecule has 0 amide bonds. The van der Waals surface area contributed by atoms with Gasteiger partial charge < -0.3 is 39.7 Å². The van der Waals surface area contributed by atoms with Crippen LogP contribution in [-0.4, -0.2) is 80.7 Å². The predicted molar refractivity (Wildman–Crippen MR) is 151 cm³/mol. The van der Waals surface area contributed by atoms with Crippen LogP contribution in [0.15, 0.2) is 18.2 Å². The summed E-state index contributed by atoms with van der Waals surface area (Å²) >= 11 is 0. The first-order chi connectivity index (χ1) is 20.1. The summed E-state index contributed by atoms with van der Waals surface area (Å²) in [5, 5.41) is 55.0. The Morgan fingerprint density at radius 1 is 1.09 bits per heavy atom. The largest absolute Gasteiger partial charge is 0.507 e. The molecule has 2 aromatic carbocycles. The highest BCUT2D eigenvalue weighted by Gasteiger charge is 2.50. The van der Waals surface area contributed by atoms with Gasteiger partial charge in [-0.3, -0.25) is 14.4 Å². The number of benzene rings is 2. The number of aliphatic hydroxyl groups is 3. The summed E-state index contributed by atoms with van der Waals surface area (Å²) in [7, 11) is 1.34. The lowest BCUT2D eigenvalue weighted by atomic mass is 9.72. The van der Waals surface area contributed by atoms with Crippen LogP contribution in [0.4, 0.5) is 0 Å². The van der Waals surface area contributed by atoms with Crippen LogP contribution in [0.5, 0.6) is 17.2 Å². The number of aliphatic hydroxyl groups excluding tert-OH is 2. The summed E-state index contributed by atoms with van der Waals surface area (Å²) in [6.07, 6.45) is -3.73. The second kappa shape index (κ2) is 11.0. The molecule has 1 saturated heterocycles. The van der Waals surface area contributed by atoms with Gasteiger partial charge in [-0.05, 0) is 30.7 Å². The van der Waals surface area contributed by atoms with Gasteiger partial charge in [-0.2, -0.15) is 0 Å². The molecule has 4 unspecified atom stereocenters. The van der Waals surface area contributed by atoms with Crippen LogP contribution in [0.1, 0.15) is 96.0 Å². The number of phenols is 2. The van der Waals surface area contributed by atoms with E-state index in [9.17, 15) is 39.9 Å². The number of carbonyl (C=O) groups excluding carboxylic acids is 3. The van der Waals surface area contributed by atoms with Crippen molar-refractivity contribution in [2.45, 2.75) is 83.6 Å². The topological polar surface area (TPSA) is 180 Å². The van der Waals surface area contributed by atoms with Crippen molar-refractivity contribution in [1.29, 1.82) is 0 Å². The highest BCUT2D eigenvalue weighted by atomic mass is 16.7. The third-order valence-corrected chi connectivity index (χ3v) is 8.75. The number of hydrogen-bond donors (Lipinski definition) is 5. The monoisotopic (exact) mass is 598 g/mol. The fourth-order valence-electron chi connectivity index (χ4n) is 6.80. The number of rotatable bonds is 6. The first-order valence-electron chi connectivity index (χ1n) is 14.3. The van der Waals surface area contributed by atoms with Gasteiger partial charge in [0.1, 0.15) is 29.5 Å². The van der Waals surface area contributed by atoms with Crippen molar-refractivity contribution in [3.63, 3.8) is 0 Å². The number of carbonyl (C=O) groups is 3. The molecule has 1 fully saturated rings. The van der Waals surface area contributed by atoms with Crippen molar-refractivity contribution in [3.05, 3.63) is 51.6 Å². The first-order valence-corrected chi connectivity index (χ1v) is 14.3. The Labute approximate surface area is 249 Å². The van der Waals surface area contributed by atoms with Crippen molar-refractivity contribution in [2.24, 2.45) is 11.3 Å². The Hall–Kier alpha value is -3.35. The lowest BCUT2D eigenvalue weighted by Gasteiger charge is -2.43. The SMILES string of the molecule is COc1cccc2c1C(=O)c1c(O)c3c(c(O)c1C2=O)C[C@@](O)(C(=O)CO)C[C@@H]3OC1CC(CC(C)(C)C)C(O)C(C)O1. The molecule has 2 aliphatic carbocycles. The molecule has 11 heteroatoms. The quantitative estimate of drug-likeness (QED) is 0.263. The highest BCUT2D eigenvalue weighted by Crippen LogP contribution is 2.52. The second-order valence-corrected chi connectivity index (χ2v) is 13.0. The van der Waals surface area contributed by atoms with Crippen molar-refractivity contribution in [2.75, 3.05) is 13.7 Å². The van der Waals surface area contributed by atoms with Gasteiger partial charge in [-0.15, -0.1) is 0 Å². The maximum absolute atomic E-state index is 13.8. The average molecular weight is 599 g/mol. The van der Waals surface area contributed by atoms with Crippen molar-refractivity contribution < 1.29 is 54.1 Å². The summed E-state index contributed by atoms with van der Waals surface area (Å²) in [6, 6.07) is 4.42. The Balaban J connectivity index is 1.64. The molecule has 2 aromatic rings. The maximum atomic E-state index is 13.8. The van der Waals surface area contributed by atoms with E-state index in [2.05, 4.69) is 0 Å². The Morgan fingerprint density at radius 3 is 2.40 bits per heavy atom. The smallest absolute Gasteiger partial charge is 0.202 e. The van der Waals surface area contributed by atoms with Crippen LogP contribution >= 0.6 is 0 Å². The van der Waals surface area contributed by atoms with Crippen molar-refractivity contribution in [1.82, 2.24) is 0 Å². The molecule has 0 spiro atoms. The van der Waals surface area contributed by atoms with Gasteiger partial charge in [-0.1, -0.05) is 32.9 Å². The number of ketones is 3. The molecule has 0 aromatic heterocycles. The van der Waals surface area contributed by atoms with Crippen LogP contribution in [0.3, 0.4) is 0 Å². The minimum Gasteiger partial charge on any atom is -0.507 e. The fourth-order valence-corrected chi connectivity index (χ4v) is 6.80. The zero-order chi connectivity index (χ0) is 31.6. The lowest BCUT2D eigenvalue weighted by molar-refractivity contribution is -0.259. The molecule has 43 heavy (non-hydrogen) atoms. The molecular weight excluding hydrogens is 560 g/mol. The Morgan fingerprint density at radius 2 is 1.77 bits per heavy atom. The van der Waals surface area contributed by atoms with E-state index in [1.807, 2.05) is 20.8 Å². The predicted octanol–water partition coefficient (Wildman–Crippen LogP) is 2.73. The number of hydrogen-bond acceptors (Lipinski definition) is 11. The average Bonchev–Trinajstić information content (AvgIpc) is 2.94. The summed E-state index contributed by atoms with van der Waals surface area (Å²) in [4.78, 5) is 40.2. The molecule has 232 valence electrons. The molecule has 5 rings (SSSR count). The number of Topliss-reactive ketones (excluding diaryl/α,β-unsaturated/α-hetero) is 1. The van der Waals surface area contributed by atoms with Crippen molar-refractivity contribution >= 4 is 17.3 Å². The normalized spacial score (nSPS) is 28.6. The molecule has 0 saturated carbocycles. The van der Waals surface area contributed by atoms with Gasteiger partial charge >= 0.3 is 0 Å². The van der Waals surface area contributed by atoms with Gasteiger partial charge in [0.05, 0.1) is 42.1 Å². The zero-order valence-electron chi connectivity index (χ0n) is 24.8. The molecule has 6 atom stereocenters. The third-order valence-electron chi connectivity index (χ3n) is 8.75. The van der Waals surface area contributed by atoms with E-state index in [-0.39, 0.29) is 45.8 Å². The van der Waals surface area contributed by atoms with Crippen LogP contribution < -0.4 is 4.74 Å². The molecule has 0 radical (unpaired) electrons.